The number of fused-ring (bicyclic) bond motifs is 2. The van der Waals surface area contributed by atoms with E-state index in [-0.39, 0.29) is 17.3 Å². The molecule has 2 aromatic carbocycles. The van der Waals surface area contributed by atoms with E-state index >= 15 is 0 Å². The van der Waals surface area contributed by atoms with E-state index in [1.807, 2.05) is 13.0 Å². The molecule has 2 aromatic rings. The van der Waals surface area contributed by atoms with Crippen molar-refractivity contribution in [2.45, 2.75) is 36.5 Å². The summed E-state index contributed by atoms with van der Waals surface area (Å²) in [5.74, 6) is -0.0652. The first-order valence-corrected chi connectivity index (χ1v) is 11.0. The van der Waals surface area contributed by atoms with Crippen molar-refractivity contribution in [1.82, 2.24) is 4.72 Å². The fraction of sp³-hybridized carbons (Fsp3) is 0.350. The van der Waals surface area contributed by atoms with E-state index in [4.69, 9.17) is 21.1 Å². The molecule has 1 amide bonds. The smallest absolute Gasteiger partial charge is 0.267 e. The van der Waals surface area contributed by atoms with Gasteiger partial charge in [-0.15, -0.1) is 0 Å². The third-order valence-corrected chi connectivity index (χ3v) is 7.23. The summed E-state index contributed by atoms with van der Waals surface area (Å²) >= 11 is 6.29. The SMILES string of the molecule is CCC1(C(=O)NS(=O)(=O)c2cccc3c2OCCO3)CCc2c(Cl)cccc21. The molecule has 1 unspecified atom stereocenters. The number of rotatable bonds is 4. The fourth-order valence-electron chi connectivity index (χ4n) is 4.03. The van der Waals surface area contributed by atoms with E-state index in [0.29, 0.717) is 36.6 Å². The molecule has 0 fully saturated rings. The van der Waals surface area contributed by atoms with E-state index in [1.165, 1.54) is 6.07 Å². The number of amides is 1. The van der Waals surface area contributed by atoms with E-state index in [9.17, 15) is 13.2 Å². The van der Waals surface area contributed by atoms with Gasteiger partial charge < -0.3 is 9.47 Å². The highest BCUT2D eigenvalue weighted by atomic mass is 35.5. The molecular weight excluding hydrogens is 402 g/mol. The molecule has 0 saturated heterocycles. The highest BCUT2D eigenvalue weighted by molar-refractivity contribution is 7.90. The predicted octanol–water partition coefficient (Wildman–Crippen LogP) is 3.21. The Morgan fingerprint density at radius 1 is 1.18 bits per heavy atom. The van der Waals surface area contributed by atoms with Gasteiger partial charge in [0.1, 0.15) is 18.1 Å². The Bertz CT molecular complexity index is 1050. The second-order valence-electron chi connectivity index (χ2n) is 6.92. The lowest BCUT2D eigenvalue weighted by molar-refractivity contribution is -0.125. The van der Waals surface area contributed by atoms with Gasteiger partial charge in [0.15, 0.2) is 11.5 Å². The van der Waals surface area contributed by atoms with E-state index in [1.54, 1.807) is 24.3 Å². The maximum absolute atomic E-state index is 13.2. The molecule has 1 aliphatic carbocycles. The highest BCUT2D eigenvalue weighted by Crippen LogP contribution is 2.45. The Kier molecular flexibility index (Phi) is 4.75. The van der Waals surface area contributed by atoms with Crippen LogP contribution < -0.4 is 14.2 Å². The zero-order valence-corrected chi connectivity index (χ0v) is 16.9. The van der Waals surface area contributed by atoms with Gasteiger partial charge in [0, 0.05) is 5.02 Å². The second-order valence-corrected chi connectivity index (χ2v) is 8.97. The van der Waals surface area contributed by atoms with Crippen molar-refractivity contribution in [3.05, 3.63) is 52.5 Å². The van der Waals surface area contributed by atoms with Gasteiger partial charge in [-0.25, -0.2) is 13.1 Å². The number of benzene rings is 2. The number of carbonyl (C=O) groups is 1. The van der Waals surface area contributed by atoms with Gasteiger partial charge in [0.05, 0.1) is 5.41 Å². The van der Waals surface area contributed by atoms with Crippen molar-refractivity contribution < 1.29 is 22.7 Å². The van der Waals surface area contributed by atoms with Gasteiger partial charge in [-0.1, -0.05) is 36.7 Å². The molecule has 1 aliphatic heterocycles. The molecule has 0 bridgehead atoms. The number of hydrogen-bond acceptors (Lipinski definition) is 5. The second kappa shape index (κ2) is 6.97. The molecule has 0 saturated carbocycles. The van der Waals surface area contributed by atoms with Gasteiger partial charge in [-0.05, 0) is 48.6 Å². The minimum Gasteiger partial charge on any atom is -0.486 e. The van der Waals surface area contributed by atoms with Crippen molar-refractivity contribution in [2.24, 2.45) is 0 Å². The molecule has 6 nitrogen and oxygen atoms in total. The summed E-state index contributed by atoms with van der Waals surface area (Å²) in [5.41, 5.74) is 0.775. The first kappa shape index (κ1) is 19.1. The molecule has 8 heteroatoms. The molecule has 28 heavy (non-hydrogen) atoms. The first-order valence-electron chi connectivity index (χ1n) is 9.13. The highest BCUT2D eigenvalue weighted by Gasteiger charge is 2.46. The first-order chi connectivity index (χ1) is 13.4. The number of halogens is 1. The minimum atomic E-state index is -4.14. The van der Waals surface area contributed by atoms with Crippen LogP contribution in [0, 0.1) is 0 Å². The normalized spacial score (nSPS) is 20.5. The third kappa shape index (κ3) is 2.93. The lowest BCUT2D eigenvalue weighted by Crippen LogP contribution is -2.45. The van der Waals surface area contributed by atoms with Crippen LogP contribution >= 0.6 is 11.6 Å². The molecule has 1 atom stereocenters. The average Bonchev–Trinajstić information content (AvgIpc) is 3.08. The Labute approximate surface area is 168 Å². The largest absolute Gasteiger partial charge is 0.486 e. The Hall–Kier alpha value is -2.25. The molecular formula is C20H20ClNO5S. The van der Waals surface area contributed by atoms with Crippen LogP contribution in [0.2, 0.25) is 5.02 Å². The number of ether oxygens (including phenoxy) is 2. The standard InChI is InChI=1S/C20H20ClNO5S/c1-2-20(10-9-13-14(20)5-3-6-15(13)21)19(23)22-28(24,25)17-8-4-7-16-18(17)27-12-11-26-16/h3-8H,2,9-12H2,1H3,(H,22,23). The van der Waals surface area contributed by atoms with Crippen molar-refractivity contribution in [3.8, 4) is 11.5 Å². The molecule has 148 valence electrons. The van der Waals surface area contributed by atoms with Crippen molar-refractivity contribution in [1.29, 1.82) is 0 Å². The van der Waals surface area contributed by atoms with Crippen LogP contribution in [0.3, 0.4) is 0 Å². The number of sulfonamides is 1. The lowest BCUT2D eigenvalue weighted by atomic mass is 9.79. The quantitative estimate of drug-likeness (QED) is 0.819. The molecule has 1 heterocycles. The molecule has 4 rings (SSSR count). The summed E-state index contributed by atoms with van der Waals surface area (Å²) in [5, 5.41) is 0.603. The zero-order valence-electron chi connectivity index (χ0n) is 15.3. The number of hydrogen-bond donors (Lipinski definition) is 1. The zero-order chi connectivity index (χ0) is 19.9. The van der Waals surface area contributed by atoms with Gasteiger partial charge in [0.2, 0.25) is 5.91 Å². The van der Waals surface area contributed by atoms with Crippen molar-refractivity contribution in [2.75, 3.05) is 13.2 Å². The summed E-state index contributed by atoms with van der Waals surface area (Å²) in [4.78, 5) is 13.1. The molecule has 0 radical (unpaired) electrons. The topological polar surface area (TPSA) is 81.7 Å². The number of carbonyl (C=O) groups excluding carboxylic acids is 1. The maximum Gasteiger partial charge on any atom is 0.267 e. The number of para-hydroxylation sites is 1. The minimum absolute atomic E-state index is 0.103. The Balaban J connectivity index is 1.70. The number of nitrogens with one attached hydrogen (secondary N) is 1. The fourth-order valence-corrected chi connectivity index (χ4v) is 5.51. The predicted molar refractivity (Wildman–Crippen MR) is 105 cm³/mol. The van der Waals surface area contributed by atoms with Crippen LogP contribution in [-0.4, -0.2) is 27.5 Å². The molecule has 0 spiro atoms. The van der Waals surface area contributed by atoms with Crippen LogP contribution in [0.15, 0.2) is 41.3 Å². The van der Waals surface area contributed by atoms with Crippen LogP contribution in [0.4, 0.5) is 0 Å². The van der Waals surface area contributed by atoms with E-state index < -0.39 is 21.3 Å². The van der Waals surface area contributed by atoms with Crippen molar-refractivity contribution >= 4 is 27.5 Å². The molecule has 2 aliphatic rings. The van der Waals surface area contributed by atoms with Gasteiger partial charge in [-0.3, -0.25) is 4.79 Å². The average molecular weight is 422 g/mol. The summed E-state index contributed by atoms with van der Waals surface area (Å²) in [6, 6.07) is 10.0. The summed E-state index contributed by atoms with van der Waals surface area (Å²) < 4.78 is 39.2. The van der Waals surface area contributed by atoms with Crippen LogP contribution in [0.5, 0.6) is 11.5 Å². The monoisotopic (exact) mass is 421 g/mol. The summed E-state index contributed by atoms with van der Waals surface area (Å²) in [7, 11) is -4.14. The Morgan fingerprint density at radius 2 is 1.93 bits per heavy atom. The van der Waals surface area contributed by atoms with E-state index in [2.05, 4.69) is 4.72 Å². The van der Waals surface area contributed by atoms with Crippen LogP contribution in [-0.2, 0) is 26.7 Å². The maximum atomic E-state index is 13.2. The summed E-state index contributed by atoms with van der Waals surface area (Å²) in [6.45, 7) is 2.47. The van der Waals surface area contributed by atoms with Crippen molar-refractivity contribution in [3.63, 3.8) is 0 Å². The van der Waals surface area contributed by atoms with Crippen LogP contribution in [0.1, 0.15) is 30.9 Å². The molecule has 0 aromatic heterocycles. The van der Waals surface area contributed by atoms with Gasteiger partial charge in [0.25, 0.3) is 10.0 Å². The summed E-state index contributed by atoms with van der Waals surface area (Å²) in [6.07, 6.45) is 1.61. The van der Waals surface area contributed by atoms with E-state index in [0.717, 1.165) is 11.1 Å². The third-order valence-electron chi connectivity index (χ3n) is 5.52. The van der Waals surface area contributed by atoms with Crippen LogP contribution in [0.25, 0.3) is 0 Å². The molecule has 1 N–H and O–H groups in total. The Morgan fingerprint density at radius 3 is 2.71 bits per heavy atom. The lowest BCUT2D eigenvalue weighted by Gasteiger charge is -2.28. The van der Waals surface area contributed by atoms with Gasteiger partial charge in [-0.2, -0.15) is 0 Å². The van der Waals surface area contributed by atoms with Gasteiger partial charge >= 0.3 is 0 Å².